The maximum Gasteiger partial charge on any atom is 0.248 e. The average molecular weight is 310 g/mol. The second-order valence-electron chi connectivity index (χ2n) is 5.17. The normalized spacial score (nSPS) is 11.9. The molecule has 1 atom stereocenters. The molecule has 0 bridgehead atoms. The minimum atomic E-state index is -0.369. The van der Waals surface area contributed by atoms with Crippen molar-refractivity contribution >= 4 is 17.3 Å². The van der Waals surface area contributed by atoms with E-state index in [2.05, 4.69) is 25.9 Å². The summed E-state index contributed by atoms with van der Waals surface area (Å²) in [6, 6.07) is 10.9. The molecule has 2 heterocycles. The van der Waals surface area contributed by atoms with E-state index in [9.17, 15) is 4.79 Å². The van der Waals surface area contributed by atoms with Gasteiger partial charge in [0.25, 0.3) is 0 Å². The van der Waals surface area contributed by atoms with E-state index in [4.69, 9.17) is 0 Å². The molecule has 3 aromatic rings. The summed E-state index contributed by atoms with van der Waals surface area (Å²) in [6.07, 6.45) is 5.14. The Bertz CT molecular complexity index is 751. The molecular formula is C16H18N6O. The van der Waals surface area contributed by atoms with Gasteiger partial charge >= 0.3 is 0 Å². The highest BCUT2D eigenvalue weighted by molar-refractivity contribution is 5.93. The van der Waals surface area contributed by atoms with E-state index in [1.807, 2.05) is 37.3 Å². The van der Waals surface area contributed by atoms with Gasteiger partial charge in [-0.25, -0.2) is 0 Å². The summed E-state index contributed by atoms with van der Waals surface area (Å²) in [6.45, 7) is 2.45. The maximum absolute atomic E-state index is 12.3. The Morgan fingerprint density at radius 2 is 2.13 bits per heavy atom. The van der Waals surface area contributed by atoms with E-state index in [1.54, 1.807) is 29.3 Å². The quantitative estimate of drug-likeness (QED) is 0.652. The van der Waals surface area contributed by atoms with Gasteiger partial charge in [-0.2, -0.15) is 10.2 Å². The molecule has 0 fully saturated rings. The SMILES string of the molecule is C[C@@H](C(=O)Nc1cccc(NCc2ccn[nH]2)c1)n1cccn1. The first-order valence-corrected chi connectivity index (χ1v) is 7.34. The number of amides is 1. The van der Waals surface area contributed by atoms with Gasteiger partial charge in [0.05, 0.1) is 12.2 Å². The molecule has 23 heavy (non-hydrogen) atoms. The highest BCUT2D eigenvalue weighted by Gasteiger charge is 2.15. The standard InChI is InChI=1S/C16H18N6O/c1-12(22-9-3-7-19-22)16(23)20-14-5-2-4-13(10-14)17-11-15-6-8-18-21-15/h2-10,12,17H,11H2,1H3,(H,18,21)(H,20,23)/t12-/m0/s1. The molecule has 7 nitrogen and oxygen atoms in total. The average Bonchev–Trinajstić information content (AvgIpc) is 3.26. The van der Waals surface area contributed by atoms with E-state index in [-0.39, 0.29) is 11.9 Å². The van der Waals surface area contributed by atoms with Crippen molar-refractivity contribution in [3.8, 4) is 0 Å². The van der Waals surface area contributed by atoms with Crippen LogP contribution < -0.4 is 10.6 Å². The largest absolute Gasteiger partial charge is 0.379 e. The third kappa shape index (κ3) is 3.76. The fourth-order valence-corrected chi connectivity index (χ4v) is 2.16. The first-order chi connectivity index (χ1) is 11.2. The van der Waals surface area contributed by atoms with Gasteiger partial charge < -0.3 is 10.6 Å². The number of hydrogen-bond donors (Lipinski definition) is 3. The smallest absolute Gasteiger partial charge is 0.248 e. The number of H-pyrrole nitrogens is 1. The maximum atomic E-state index is 12.3. The lowest BCUT2D eigenvalue weighted by Gasteiger charge is -2.13. The Kier molecular flexibility index (Phi) is 4.37. The van der Waals surface area contributed by atoms with Crippen LogP contribution in [0.4, 0.5) is 11.4 Å². The lowest BCUT2D eigenvalue weighted by molar-refractivity contribution is -0.119. The second-order valence-corrected chi connectivity index (χ2v) is 5.17. The van der Waals surface area contributed by atoms with Crippen LogP contribution in [0.25, 0.3) is 0 Å². The fraction of sp³-hybridized carbons (Fsp3) is 0.188. The van der Waals surface area contributed by atoms with Crippen LogP contribution in [0.1, 0.15) is 18.7 Å². The number of nitrogens with one attached hydrogen (secondary N) is 3. The summed E-state index contributed by atoms with van der Waals surface area (Å²) < 4.78 is 1.62. The van der Waals surface area contributed by atoms with Crippen molar-refractivity contribution in [2.75, 3.05) is 10.6 Å². The summed E-state index contributed by atoms with van der Waals surface area (Å²) in [7, 11) is 0. The molecule has 1 aromatic carbocycles. The van der Waals surface area contributed by atoms with E-state index < -0.39 is 0 Å². The zero-order valence-electron chi connectivity index (χ0n) is 12.7. The molecule has 2 aromatic heterocycles. The van der Waals surface area contributed by atoms with E-state index in [1.165, 1.54) is 0 Å². The number of nitrogens with zero attached hydrogens (tertiary/aromatic N) is 3. The van der Waals surface area contributed by atoms with Gasteiger partial charge in [-0.1, -0.05) is 6.07 Å². The molecule has 0 unspecified atom stereocenters. The Hall–Kier alpha value is -3.09. The minimum Gasteiger partial charge on any atom is -0.379 e. The zero-order valence-corrected chi connectivity index (χ0v) is 12.7. The lowest BCUT2D eigenvalue weighted by Crippen LogP contribution is -2.24. The first kappa shape index (κ1) is 14.8. The van der Waals surface area contributed by atoms with Gasteiger partial charge in [0.15, 0.2) is 0 Å². The van der Waals surface area contributed by atoms with E-state index >= 15 is 0 Å². The van der Waals surface area contributed by atoms with Gasteiger partial charge in [0, 0.05) is 30.0 Å². The molecule has 0 spiro atoms. The molecule has 118 valence electrons. The third-order valence-electron chi connectivity index (χ3n) is 3.47. The van der Waals surface area contributed by atoms with Crippen molar-refractivity contribution in [2.45, 2.75) is 19.5 Å². The number of aromatic amines is 1. The Labute approximate surface area is 133 Å². The second kappa shape index (κ2) is 6.78. The topological polar surface area (TPSA) is 87.6 Å². The van der Waals surface area contributed by atoms with Crippen LogP contribution >= 0.6 is 0 Å². The zero-order chi connectivity index (χ0) is 16.1. The highest BCUT2D eigenvalue weighted by atomic mass is 16.2. The lowest BCUT2D eigenvalue weighted by atomic mass is 10.2. The van der Waals surface area contributed by atoms with Crippen molar-refractivity contribution in [2.24, 2.45) is 0 Å². The van der Waals surface area contributed by atoms with Crippen molar-refractivity contribution in [1.29, 1.82) is 0 Å². The van der Waals surface area contributed by atoms with Gasteiger partial charge in [-0.05, 0) is 37.3 Å². The van der Waals surface area contributed by atoms with Crippen molar-refractivity contribution in [3.63, 3.8) is 0 Å². The Morgan fingerprint density at radius 1 is 1.26 bits per heavy atom. The minimum absolute atomic E-state index is 0.112. The molecule has 1 amide bonds. The fourth-order valence-electron chi connectivity index (χ4n) is 2.16. The van der Waals surface area contributed by atoms with Crippen LogP contribution in [0.5, 0.6) is 0 Å². The Morgan fingerprint density at radius 3 is 2.87 bits per heavy atom. The predicted octanol–water partition coefficient (Wildman–Crippen LogP) is 2.42. The third-order valence-corrected chi connectivity index (χ3v) is 3.47. The van der Waals surface area contributed by atoms with Crippen LogP contribution in [0.2, 0.25) is 0 Å². The van der Waals surface area contributed by atoms with Crippen molar-refractivity contribution < 1.29 is 4.79 Å². The summed E-state index contributed by atoms with van der Waals surface area (Å²) in [4.78, 5) is 12.3. The molecule has 3 N–H and O–H groups in total. The molecule has 3 rings (SSSR count). The molecule has 7 heteroatoms. The number of carbonyl (C=O) groups is 1. The van der Waals surface area contributed by atoms with Gasteiger partial charge in [-0.15, -0.1) is 0 Å². The predicted molar refractivity (Wildman–Crippen MR) is 87.9 cm³/mol. The highest BCUT2D eigenvalue weighted by Crippen LogP contribution is 2.17. The van der Waals surface area contributed by atoms with Crippen LogP contribution in [-0.4, -0.2) is 25.9 Å². The number of hydrogen-bond acceptors (Lipinski definition) is 4. The molecule has 0 saturated carbocycles. The summed E-state index contributed by atoms with van der Waals surface area (Å²) in [5.74, 6) is -0.112. The van der Waals surface area contributed by atoms with E-state index in [0.29, 0.717) is 6.54 Å². The molecule has 0 aliphatic carbocycles. The molecule has 0 radical (unpaired) electrons. The van der Waals surface area contributed by atoms with E-state index in [0.717, 1.165) is 17.1 Å². The number of benzene rings is 1. The monoisotopic (exact) mass is 310 g/mol. The summed E-state index contributed by atoms with van der Waals surface area (Å²) in [5.41, 5.74) is 2.65. The number of aromatic nitrogens is 4. The number of anilines is 2. The number of carbonyl (C=O) groups excluding carboxylic acids is 1. The Balaban J connectivity index is 1.61. The summed E-state index contributed by atoms with van der Waals surface area (Å²) in [5, 5.41) is 17.1. The summed E-state index contributed by atoms with van der Waals surface area (Å²) >= 11 is 0. The van der Waals surface area contributed by atoms with Gasteiger partial charge in [0.2, 0.25) is 5.91 Å². The first-order valence-electron chi connectivity index (χ1n) is 7.34. The van der Waals surface area contributed by atoms with Gasteiger partial charge in [-0.3, -0.25) is 14.6 Å². The van der Waals surface area contributed by atoms with Crippen molar-refractivity contribution in [1.82, 2.24) is 20.0 Å². The van der Waals surface area contributed by atoms with Crippen molar-refractivity contribution in [3.05, 3.63) is 60.7 Å². The molecule has 0 aliphatic rings. The van der Waals surface area contributed by atoms with Crippen LogP contribution in [-0.2, 0) is 11.3 Å². The van der Waals surface area contributed by atoms with Crippen LogP contribution in [0.3, 0.4) is 0 Å². The molecular weight excluding hydrogens is 292 g/mol. The van der Waals surface area contributed by atoms with Crippen LogP contribution in [0, 0.1) is 0 Å². The number of rotatable bonds is 6. The molecule has 0 aliphatic heterocycles. The van der Waals surface area contributed by atoms with Crippen LogP contribution in [0.15, 0.2) is 55.0 Å². The molecule has 0 saturated heterocycles. The van der Waals surface area contributed by atoms with Gasteiger partial charge in [0.1, 0.15) is 6.04 Å².